The highest BCUT2D eigenvalue weighted by Crippen LogP contribution is 2.29. The van der Waals surface area contributed by atoms with Crippen molar-refractivity contribution in [3.8, 4) is 5.75 Å². The number of hydrogen-bond acceptors (Lipinski definition) is 4. The second-order valence-electron chi connectivity index (χ2n) is 3.83. The zero-order valence-electron chi connectivity index (χ0n) is 10.4. The van der Waals surface area contributed by atoms with Gasteiger partial charge in [0.1, 0.15) is 11.3 Å². The first-order valence-electron chi connectivity index (χ1n) is 5.67. The molecule has 0 radical (unpaired) electrons. The highest BCUT2D eigenvalue weighted by molar-refractivity contribution is 5.89. The maximum absolute atomic E-state index is 13.9. The summed E-state index contributed by atoms with van der Waals surface area (Å²) >= 11 is 0. The topological polar surface area (TPSA) is 71.5 Å². The Morgan fingerprint density at radius 2 is 2.00 bits per heavy atom. The normalized spacial score (nSPS) is 10.5. The Hall–Kier alpha value is -2.77. The molecule has 21 heavy (non-hydrogen) atoms. The van der Waals surface area contributed by atoms with E-state index in [0.717, 1.165) is 12.3 Å². The van der Waals surface area contributed by atoms with E-state index in [1.165, 1.54) is 24.3 Å². The van der Waals surface area contributed by atoms with Crippen molar-refractivity contribution in [3.63, 3.8) is 0 Å². The zero-order valence-corrected chi connectivity index (χ0v) is 10.4. The molecule has 0 unspecified atom stereocenters. The Morgan fingerprint density at radius 3 is 2.67 bits per heavy atom. The molecule has 0 spiro atoms. The van der Waals surface area contributed by atoms with Crippen LogP contribution >= 0.6 is 0 Å². The van der Waals surface area contributed by atoms with Crippen LogP contribution in [0.2, 0.25) is 0 Å². The molecule has 0 aliphatic heterocycles. The molecule has 0 amide bonds. The molecule has 0 saturated heterocycles. The van der Waals surface area contributed by atoms with Gasteiger partial charge in [0.15, 0.2) is 11.6 Å². The quantitative estimate of drug-likeness (QED) is 0.886. The second kappa shape index (κ2) is 6.12. The summed E-state index contributed by atoms with van der Waals surface area (Å²) in [5.74, 6) is -3.18. The Morgan fingerprint density at radius 1 is 1.29 bits per heavy atom. The Kier molecular flexibility index (Phi) is 4.27. The first kappa shape index (κ1) is 14.6. The molecule has 2 N–H and O–H groups in total. The highest BCUT2D eigenvalue weighted by Gasteiger charge is 2.17. The standard InChI is InChI=1S/C13H9F3N2O3/c14-10-7(12(19)20)5-6-17-11(10)18-8-3-1-2-4-9(8)21-13(15)16/h1-6,13H,(H,17,18)(H,19,20). The molecule has 1 heterocycles. The number of aromatic nitrogens is 1. The summed E-state index contributed by atoms with van der Waals surface area (Å²) < 4.78 is 42.7. The summed E-state index contributed by atoms with van der Waals surface area (Å²) in [5, 5.41) is 11.2. The van der Waals surface area contributed by atoms with Gasteiger partial charge in [0.05, 0.1) is 5.69 Å². The monoisotopic (exact) mass is 298 g/mol. The fourth-order valence-electron chi connectivity index (χ4n) is 1.59. The van der Waals surface area contributed by atoms with Gasteiger partial charge in [0.2, 0.25) is 0 Å². The summed E-state index contributed by atoms with van der Waals surface area (Å²) in [7, 11) is 0. The number of pyridine rings is 1. The van der Waals surface area contributed by atoms with E-state index in [0.29, 0.717) is 0 Å². The molecule has 0 bridgehead atoms. The molecular formula is C13H9F3N2O3. The summed E-state index contributed by atoms with van der Waals surface area (Å²) in [6.07, 6.45) is 1.09. The van der Waals surface area contributed by atoms with Gasteiger partial charge < -0.3 is 15.2 Å². The van der Waals surface area contributed by atoms with Crippen molar-refractivity contribution < 1.29 is 27.8 Å². The third kappa shape index (κ3) is 3.41. The number of nitrogens with zero attached hydrogens (tertiary/aromatic N) is 1. The number of alkyl halides is 2. The van der Waals surface area contributed by atoms with Gasteiger partial charge >= 0.3 is 12.6 Å². The number of ether oxygens (including phenoxy) is 1. The maximum atomic E-state index is 13.9. The Labute approximate surface area is 117 Å². The van der Waals surface area contributed by atoms with E-state index in [4.69, 9.17) is 5.11 Å². The summed E-state index contributed by atoms with van der Waals surface area (Å²) in [6.45, 7) is -3.05. The fraction of sp³-hybridized carbons (Fsp3) is 0.0769. The average Bonchev–Trinajstić information content (AvgIpc) is 2.42. The molecular weight excluding hydrogens is 289 g/mol. The third-order valence-corrected chi connectivity index (χ3v) is 2.48. The third-order valence-electron chi connectivity index (χ3n) is 2.48. The van der Waals surface area contributed by atoms with E-state index in [-0.39, 0.29) is 11.4 Å². The van der Waals surface area contributed by atoms with Crippen molar-refractivity contribution in [1.29, 1.82) is 0 Å². The molecule has 1 aromatic heterocycles. The molecule has 5 nitrogen and oxygen atoms in total. The van der Waals surface area contributed by atoms with E-state index in [2.05, 4.69) is 15.0 Å². The number of rotatable bonds is 5. The number of halogens is 3. The van der Waals surface area contributed by atoms with Gasteiger partial charge in [-0.3, -0.25) is 0 Å². The smallest absolute Gasteiger partial charge is 0.387 e. The number of nitrogens with one attached hydrogen (secondary N) is 1. The molecule has 0 atom stereocenters. The van der Waals surface area contributed by atoms with E-state index in [1.54, 1.807) is 0 Å². The average molecular weight is 298 g/mol. The Bertz CT molecular complexity index is 665. The van der Waals surface area contributed by atoms with E-state index < -0.39 is 29.8 Å². The van der Waals surface area contributed by atoms with E-state index >= 15 is 0 Å². The van der Waals surface area contributed by atoms with Crippen LogP contribution in [0.3, 0.4) is 0 Å². The van der Waals surface area contributed by atoms with Crippen molar-refractivity contribution >= 4 is 17.5 Å². The lowest BCUT2D eigenvalue weighted by Crippen LogP contribution is -2.08. The largest absolute Gasteiger partial charge is 0.478 e. The number of aromatic carboxylic acids is 1. The van der Waals surface area contributed by atoms with Gasteiger partial charge in [-0.05, 0) is 18.2 Å². The van der Waals surface area contributed by atoms with Crippen LogP contribution in [-0.4, -0.2) is 22.7 Å². The van der Waals surface area contributed by atoms with Gasteiger partial charge in [-0.1, -0.05) is 12.1 Å². The maximum Gasteiger partial charge on any atom is 0.387 e. The van der Waals surface area contributed by atoms with Crippen LogP contribution in [0.15, 0.2) is 36.5 Å². The van der Waals surface area contributed by atoms with Gasteiger partial charge in [-0.25, -0.2) is 14.2 Å². The van der Waals surface area contributed by atoms with Crippen LogP contribution in [0, 0.1) is 5.82 Å². The lowest BCUT2D eigenvalue weighted by atomic mass is 10.2. The SMILES string of the molecule is O=C(O)c1ccnc(Nc2ccccc2OC(F)F)c1F. The minimum Gasteiger partial charge on any atom is -0.478 e. The summed E-state index contributed by atoms with van der Waals surface area (Å²) in [6, 6.07) is 6.59. The molecule has 0 saturated carbocycles. The number of anilines is 2. The molecule has 110 valence electrons. The summed E-state index contributed by atoms with van der Waals surface area (Å²) in [4.78, 5) is 14.5. The predicted molar refractivity (Wildman–Crippen MR) is 67.5 cm³/mol. The van der Waals surface area contributed by atoms with Crippen LogP contribution in [0.1, 0.15) is 10.4 Å². The molecule has 2 aromatic rings. The van der Waals surface area contributed by atoms with Crippen LogP contribution in [0.25, 0.3) is 0 Å². The minimum atomic E-state index is -3.05. The molecule has 2 rings (SSSR count). The first-order chi connectivity index (χ1) is 9.99. The number of hydrogen-bond donors (Lipinski definition) is 2. The fourth-order valence-corrected chi connectivity index (χ4v) is 1.59. The highest BCUT2D eigenvalue weighted by atomic mass is 19.3. The van der Waals surface area contributed by atoms with E-state index in [9.17, 15) is 18.0 Å². The van der Waals surface area contributed by atoms with E-state index in [1.807, 2.05) is 0 Å². The van der Waals surface area contributed by atoms with Crippen LogP contribution in [0.4, 0.5) is 24.7 Å². The lowest BCUT2D eigenvalue weighted by Gasteiger charge is -2.12. The van der Waals surface area contributed by atoms with Crippen molar-refractivity contribution in [2.75, 3.05) is 5.32 Å². The Balaban J connectivity index is 2.35. The minimum absolute atomic E-state index is 0.0340. The molecule has 0 aliphatic carbocycles. The van der Waals surface area contributed by atoms with Crippen LogP contribution in [0.5, 0.6) is 5.75 Å². The van der Waals surface area contributed by atoms with Gasteiger partial charge in [0.25, 0.3) is 0 Å². The number of benzene rings is 1. The van der Waals surface area contributed by atoms with Crippen molar-refractivity contribution in [2.45, 2.75) is 6.61 Å². The van der Waals surface area contributed by atoms with Gasteiger partial charge in [0, 0.05) is 6.20 Å². The molecule has 8 heteroatoms. The zero-order chi connectivity index (χ0) is 15.4. The second-order valence-corrected chi connectivity index (χ2v) is 3.83. The van der Waals surface area contributed by atoms with Crippen molar-refractivity contribution in [3.05, 3.63) is 47.9 Å². The number of para-hydroxylation sites is 2. The summed E-state index contributed by atoms with van der Waals surface area (Å²) in [5.41, 5.74) is -0.550. The van der Waals surface area contributed by atoms with Crippen molar-refractivity contribution in [2.24, 2.45) is 0 Å². The molecule has 0 aliphatic rings. The predicted octanol–water partition coefficient (Wildman–Crippen LogP) is 3.26. The van der Waals surface area contributed by atoms with Gasteiger partial charge in [-0.2, -0.15) is 8.78 Å². The number of carboxylic acid groups (broad SMARTS) is 1. The molecule has 1 aromatic carbocycles. The number of carboxylic acids is 1. The van der Waals surface area contributed by atoms with Crippen LogP contribution in [-0.2, 0) is 0 Å². The number of carbonyl (C=O) groups is 1. The lowest BCUT2D eigenvalue weighted by molar-refractivity contribution is -0.0493. The van der Waals surface area contributed by atoms with Crippen LogP contribution < -0.4 is 10.1 Å². The molecule has 0 fully saturated rings. The van der Waals surface area contributed by atoms with Gasteiger partial charge in [-0.15, -0.1) is 0 Å². The van der Waals surface area contributed by atoms with Crippen molar-refractivity contribution in [1.82, 2.24) is 4.98 Å². The first-order valence-corrected chi connectivity index (χ1v) is 5.67.